The van der Waals surface area contributed by atoms with Crippen molar-refractivity contribution < 1.29 is 0 Å². The maximum atomic E-state index is 6.29. The highest BCUT2D eigenvalue weighted by Crippen LogP contribution is 2.39. The maximum absolute atomic E-state index is 6.29. The largest absolute Gasteiger partial charge is 0.369 e. The molecule has 2 aromatic carbocycles. The molecule has 0 aromatic heterocycles. The molecule has 5 nitrogen and oxygen atoms in total. The van der Waals surface area contributed by atoms with Crippen LogP contribution in [-0.2, 0) is 12.8 Å². The Morgan fingerprint density at radius 2 is 1.44 bits per heavy atom. The summed E-state index contributed by atoms with van der Waals surface area (Å²) in [6, 6.07) is 19.2. The molecule has 2 aliphatic rings. The van der Waals surface area contributed by atoms with E-state index in [-0.39, 0.29) is 5.66 Å². The van der Waals surface area contributed by atoms with E-state index in [2.05, 4.69) is 64.5 Å². The van der Waals surface area contributed by atoms with Crippen molar-refractivity contribution in [3.63, 3.8) is 0 Å². The summed E-state index contributed by atoms with van der Waals surface area (Å²) in [5, 5.41) is 0. The maximum Gasteiger partial charge on any atom is 0.220 e. The number of nitrogens with zero attached hydrogens (tertiary/aromatic N) is 3. The first-order valence-electron chi connectivity index (χ1n) is 9.79. The molecule has 5 heteroatoms. The molecule has 140 valence electrons. The molecule has 1 saturated carbocycles. The molecule has 1 heterocycles. The summed E-state index contributed by atoms with van der Waals surface area (Å²) in [4.78, 5) is 11.1. The smallest absolute Gasteiger partial charge is 0.220 e. The summed E-state index contributed by atoms with van der Waals surface area (Å²) in [5.41, 5.74) is 15.6. The molecule has 2 aromatic rings. The highest BCUT2D eigenvalue weighted by atomic mass is 15.4. The fraction of sp³-hybridized carbons (Fsp3) is 0.364. The van der Waals surface area contributed by atoms with Gasteiger partial charge in [-0.3, -0.25) is 4.90 Å². The van der Waals surface area contributed by atoms with Gasteiger partial charge in [0.15, 0.2) is 0 Å². The van der Waals surface area contributed by atoms with Crippen LogP contribution in [0.15, 0.2) is 64.6 Å². The summed E-state index contributed by atoms with van der Waals surface area (Å²) >= 11 is 0. The highest BCUT2D eigenvalue weighted by Gasteiger charge is 2.42. The quantitative estimate of drug-likeness (QED) is 0.873. The predicted molar refractivity (Wildman–Crippen MR) is 112 cm³/mol. The van der Waals surface area contributed by atoms with Gasteiger partial charge in [-0.1, -0.05) is 48.9 Å². The molecule has 0 unspecified atom stereocenters. The molecule has 4 rings (SSSR count). The van der Waals surface area contributed by atoms with E-state index >= 15 is 0 Å². The van der Waals surface area contributed by atoms with Crippen LogP contribution in [0.1, 0.15) is 43.2 Å². The lowest BCUT2D eigenvalue weighted by atomic mass is 9.87. The molecule has 1 fully saturated rings. The third-order valence-corrected chi connectivity index (χ3v) is 5.59. The summed E-state index contributed by atoms with van der Waals surface area (Å²) in [7, 11) is 0. The van der Waals surface area contributed by atoms with Crippen LogP contribution >= 0.6 is 0 Å². The van der Waals surface area contributed by atoms with Crippen LogP contribution in [0, 0.1) is 0 Å². The number of aliphatic imine (C=N–C) groups is 2. The molecule has 0 bridgehead atoms. The lowest BCUT2D eigenvalue weighted by Gasteiger charge is -2.45. The van der Waals surface area contributed by atoms with Gasteiger partial charge in [-0.25, -0.2) is 4.99 Å². The van der Waals surface area contributed by atoms with Crippen molar-refractivity contribution in [2.45, 2.75) is 50.6 Å². The van der Waals surface area contributed by atoms with E-state index in [1.807, 2.05) is 0 Å². The first-order chi connectivity index (χ1) is 13.2. The molecular weight excluding hydrogens is 334 g/mol. The Kier molecular flexibility index (Phi) is 4.84. The van der Waals surface area contributed by atoms with Crippen molar-refractivity contribution in [2.75, 3.05) is 4.90 Å². The van der Waals surface area contributed by atoms with Crippen LogP contribution in [0.5, 0.6) is 0 Å². The third kappa shape index (κ3) is 3.68. The van der Waals surface area contributed by atoms with E-state index in [4.69, 9.17) is 16.5 Å². The van der Waals surface area contributed by atoms with Crippen molar-refractivity contribution in [1.82, 2.24) is 0 Å². The Balaban J connectivity index is 1.54. The van der Waals surface area contributed by atoms with Crippen LogP contribution in [0.3, 0.4) is 0 Å². The minimum absolute atomic E-state index is 0.296. The van der Waals surface area contributed by atoms with Crippen LogP contribution < -0.4 is 16.4 Å². The Morgan fingerprint density at radius 1 is 0.815 bits per heavy atom. The van der Waals surface area contributed by atoms with Crippen molar-refractivity contribution >= 4 is 17.6 Å². The van der Waals surface area contributed by atoms with Gasteiger partial charge in [-0.15, -0.1) is 0 Å². The molecule has 0 amide bonds. The number of anilines is 1. The van der Waals surface area contributed by atoms with Gasteiger partial charge in [0.05, 0.1) is 0 Å². The number of aryl methyl sites for hydroxylation is 2. The normalized spacial score (nSPS) is 18.9. The molecule has 4 N–H and O–H groups in total. The average Bonchev–Trinajstić information content (AvgIpc) is 2.68. The predicted octanol–water partition coefficient (Wildman–Crippen LogP) is 3.58. The summed E-state index contributed by atoms with van der Waals surface area (Å²) in [6.07, 6.45) is 7.48. The monoisotopic (exact) mass is 361 g/mol. The van der Waals surface area contributed by atoms with Gasteiger partial charge in [0.1, 0.15) is 5.66 Å². The second-order valence-corrected chi connectivity index (χ2v) is 7.47. The van der Waals surface area contributed by atoms with E-state index in [1.54, 1.807) is 0 Å². The van der Waals surface area contributed by atoms with E-state index in [1.165, 1.54) is 17.5 Å². The van der Waals surface area contributed by atoms with Gasteiger partial charge in [-0.2, -0.15) is 4.99 Å². The SMILES string of the molecule is NC1=NC2(CCCCC2)N(c2ccc(CCc3ccccc3)cc2)C(N)=N1. The minimum Gasteiger partial charge on any atom is -0.369 e. The zero-order valence-electron chi connectivity index (χ0n) is 15.6. The van der Waals surface area contributed by atoms with Gasteiger partial charge in [0, 0.05) is 5.69 Å². The number of hydrogen-bond donors (Lipinski definition) is 2. The van der Waals surface area contributed by atoms with Crippen LogP contribution in [0.2, 0.25) is 0 Å². The van der Waals surface area contributed by atoms with Gasteiger partial charge in [0.2, 0.25) is 11.9 Å². The van der Waals surface area contributed by atoms with Gasteiger partial charge in [0.25, 0.3) is 0 Å². The molecule has 1 aliphatic heterocycles. The van der Waals surface area contributed by atoms with Crippen molar-refractivity contribution in [3.05, 3.63) is 65.7 Å². The Morgan fingerprint density at radius 3 is 2.11 bits per heavy atom. The van der Waals surface area contributed by atoms with E-state index in [9.17, 15) is 0 Å². The molecule has 0 atom stereocenters. The first kappa shape index (κ1) is 17.6. The molecule has 27 heavy (non-hydrogen) atoms. The van der Waals surface area contributed by atoms with E-state index < -0.39 is 0 Å². The zero-order chi connectivity index (χ0) is 18.7. The van der Waals surface area contributed by atoms with Gasteiger partial charge < -0.3 is 11.5 Å². The van der Waals surface area contributed by atoms with Crippen LogP contribution in [0.25, 0.3) is 0 Å². The fourth-order valence-electron chi connectivity index (χ4n) is 4.24. The molecular formula is C22H27N5. The lowest BCUT2D eigenvalue weighted by Crippen LogP contribution is -2.58. The number of rotatable bonds is 4. The van der Waals surface area contributed by atoms with Gasteiger partial charge >= 0.3 is 0 Å². The van der Waals surface area contributed by atoms with Crippen LogP contribution in [0.4, 0.5) is 5.69 Å². The minimum atomic E-state index is -0.375. The molecule has 0 saturated heterocycles. The van der Waals surface area contributed by atoms with Crippen LogP contribution in [-0.4, -0.2) is 17.6 Å². The second-order valence-electron chi connectivity index (χ2n) is 7.47. The highest BCUT2D eigenvalue weighted by molar-refractivity contribution is 6.05. The summed E-state index contributed by atoms with van der Waals surface area (Å²) in [6.45, 7) is 0. The fourth-order valence-corrected chi connectivity index (χ4v) is 4.24. The number of hydrogen-bond acceptors (Lipinski definition) is 5. The van der Waals surface area contributed by atoms with Crippen molar-refractivity contribution in [2.24, 2.45) is 21.5 Å². The molecule has 0 radical (unpaired) electrons. The number of guanidine groups is 2. The van der Waals surface area contributed by atoms with E-state index in [0.717, 1.165) is 44.2 Å². The molecule has 1 aliphatic carbocycles. The van der Waals surface area contributed by atoms with Crippen molar-refractivity contribution in [3.8, 4) is 0 Å². The average molecular weight is 361 g/mol. The number of benzene rings is 2. The number of nitrogens with two attached hydrogens (primary N) is 2. The topological polar surface area (TPSA) is 80.0 Å². The Labute approximate surface area is 160 Å². The standard InChI is InChI=1S/C22H27N5/c23-20-25-21(24)27(22(26-20)15-5-2-6-16-22)19-13-11-18(12-14-19)10-9-17-7-3-1-4-8-17/h1,3-4,7-8,11-14H,2,5-6,9-10,15-16H2,(H4,23,24,25,26). The summed E-state index contributed by atoms with van der Waals surface area (Å²) in [5.74, 6) is 0.742. The van der Waals surface area contributed by atoms with Crippen molar-refractivity contribution in [1.29, 1.82) is 0 Å². The Hall–Kier alpha value is -2.82. The first-order valence-corrected chi connectivity index (χ1v) is 9.79. The Bertz CT molecular complexity index is 833. The van der Waals surface area contributed by atoms with Gasteiger partial charge in [-0.05, 0) is 61.8 Å². The molecule has 1 spiro atoms. The summed E-state index contributed by atoms with van der Waals surface area (Å²) < 4.78 is 0. The second kappa shape index (κ2) is 7.43. The lowest BCUT2D eigenvalue weighted by molar-refractivity contribution is 0.305. The zero-order valence-corrected chi connectivity index (χ0v) is 15.6. The van der Waals surface area contributed by atoms with E-state index in [0.29, 0.717) is 11.9 Å². The third-order valence-electron chi connectivity index (χ3n) is 5.59.